The van der Waals surface area contributed by atoms with Gasteiger partial charge < -0.3 is 4.74 Å². The second kappa shape index (κ2) is 5.10. The van der Waals surface area contributed by atoms with Crippen LogP contribution >= 0.6 is 11.3 Å². The summed E-state index contributed by atoms with van der Waals surface area (Å²) in [7, 11) is 0. The van der Waals surface area contributed by atoms with Gasteiger partial charge in [0.2, 0.25) is 5.78 Å². The molecule has 88 valence electrons. The first kappa shape index (κ1) is 11.8. The highest BCUT2D eigenvalue weighted by Crippen LogP contribution is 2.21. The van der Waals surface area contributed by atoms with Crippen molar-refractivity contribution in [3.8, 4) is 5.75 Å². The fourth-order valence-corrected chi connectivity index (χ4v) is 2.41. The van der Waals surface area contributed by atoms with Crippen LogP contribution in [0.4, 0.5) is 0 Å². The van der Waals surface area contributed by atoms with Gasteiger partial charge in [0.1, 0.15) is 5.75 Å². The molecule has 2 aromatic rings. The average molecular weight is 247 g/mol. The van der Waals surface area contributed by atoms with Crippen LogP contribution in [0.1, 0.15) is 27.7 Å². The molecular weight excluding hydrogens is 234 g/mol. The van der Waals surface area contributed by atoms with Crippen LogP contribution in [0.15, 0.2) is 29.9 Å². The fourth-order valence-electron chi connectivity index (χ4n) is 1.53. The van der Waals surface area contributed by atoms with Gasteiger partial charge in [0.25, 0.3) is 0 Å². The van der Waals surface area contributed by atoms with Gasteiger partial charge in [-0.3, -0.25) is 9.78 Å². The molecule has 0 aromatic carbocycles. The first-order valence-electron chi connectivity index (χ1n) is 5.39. The van der Waals surface area contributed by atoms with E-state index in [1.54, 1.807) is 18.5 Å². The third-order valence-electron chi connectivity index (χ3n) is 2.35. The molecule has 0 amide bonds. The van der Waals surface area contributed by atoms with E-state index in [0.717, 1.165) is 10.4 Å². The van der Waals surface area contributed by atoms with E-state index >= 15 is 0 Å². The van der Waals surface area contributed by atoms with Crippen LogP contribution in [-0.4, -0.2) is 17.4 Å². The molecule has 2 rings (SSSR count). The van der Waals surface area contributed by atoms with Crippen LogP contribution in [0.5, 0.6) is 5.75 Å². The van der Waals surface area contributed by atoms with Crippen LogP contribution in [0.3, 0.4) is 0 Å². The van der Waals surface area contributed by atoms with Gasteiger partial charge in [0.15, 0.2) is 0 Å². The summed E-state index contributed by atoms with van der Waals surface area (Å²) in [5.74, 6) is 0.638. The lowest BCUT2D eigenvalue weighted by Gasteiger charge is -2.04. The van der Waals surface area contributed by atoms with Crippen LogP contribution in [0.25, 0.3) is 0 Å². The van der Waals surface area contributed by atoms with E-state index in [0.29, 0.717) is 17.9 Å². The van der Waals surface area contributed by atoms with Crippen molar-refractivity contribution in [3.05, 3.63) is 45.9 Å². The lowest BCUT2D eigenvalue weighted by Crippen LogP contribution is -2.02. The van der Waals surface area contributed by atoms with Gasteiger partial charge in [-0.25, -0.2) is 0 Å². The Hall–Kier alpha value is -1.68. The van der Waals surface area contributed by atoms with Crippen LogP contribution in [0, 0.1) is 6.92 Å². The Morgan fingerprint density at radius 3 is 2.94 bits per heavy atom. The lowest BCUT2D eigenvalue weighted by molar-refractivity contribution is 0.104. The minimum Gasteiger partial charge on any atom is -0.492 e. The van der Waals surface area contributed by atoms with Crippen molar-refractivity contribution in [1.82, 2.24) is 4.98 Å². The van der Waals surface area contributed by atoms with Crippen molar-refractivity contribution >= 4 is 17.1 Å². The van der Waals surface area contributed by atoms with Crippen molar-refractivity contribution in [2.45, 2.75) is 13.8 Å². The molecule has 2 heterocycles. The first-order valence-corrected chi connectivity index (χ1v) is 6.27. The molecule has 17 heavy (non-hydrogen) atoms. The number of hydrogen-bond donors (Lipinski definition) is 0. The number of aryl methyl sites for hydroxylation is 1. The standard InChI is InChI=1S/C13H13NO2S/c1-3-16-11-6-10(7-14-8-11)12(15)13-9(2)4-5-17-13/h4-8H,3H2,1-2H3. The summed E-state index contributed by atoms with van der Waals surface area (Å²) in [5.41, 5.74) is 1.57. The molecule has 0 saturated carbocycles. The van der Waals surface area contributed by atoms with Crippen LogP contribution in [-0.2, 0) is 0 Å². The van der Waals surface area contributed by atoms with E-state index in [2.05, 4.69) is 4.98 Å². The molecule has 0 aliphatic carbocycles. The van der Waals surface area contributed by atoms with E-state index in [1.807, 2.05) is 25.3 Å². The van der Waals surface area contributed by atoms with Crippen molar-refractivity contribution in [1.29, 1.82) is 0 Å². The molecule has 0 saturated heterocycles. The summed E-state index contributed by atoms with van der Waals surface area (Å²) in [5, 5.41) is 1.92. The maximum absolute atomic E-state index is 12.2. The monoisotopic (exact) mass is 247 g/mol. The zero-order chi connectivity index (χ0) is 12.3. The number of pyridine rings is 1. The van der Waals surface area contributed by atoms with Gasteiger partial charge >= 0.3 is 0 Å². The number of carbonyl (C=O) groups is 1. The number of ether oxygens (including phenoxy) is 1. The summed E-state index contributed by atoms with van der Waals surface area (Å²) in [4.78, 5) is 17.0. The van der Waals surface area contributed by atoms with Crippen LogP contribution < -0.4 is 4.74 Å². The normalized spacial score (nSPS) is 10.2. The average Bonchev–Trinajstić information content (AvgIpc) is 2.75. The minimum atomic E-state index is 0.00607. The van der Waals surface area contributed by atoms with E-state index in [9.17, 15) is 4.79 Å². The number of rotatable bonds is 4. The zero-order valence-corrected chi connectivity index (χ0v) is 10.6. The number of ketones is 1. The summed E-state index contributed by atoms with van der Waals surface area (Å²) >= 11 is 1.45. The van der Waals surface area contributed by atoms with Gasteiger partial charge in [-0.15, -0.1) is 11.3 Å². The Labute approximate surface area is 104 Å². The Balaban J connectivity index is 2.31. The molecule has 3 nitrogen and oxygen atoms in total. The molecule has 0 aliphatic rings. The Kier molecular flexibility index (Phi) is 3.54. The Morgan fingerprint density at radius 1 is 1.47 bits per heavy atom. The van der Waals surface area contributed by atoms with E-state index < -0.39 is 0 Å². The number of aromatic nitrogens is 1. The van der Waals surface area contributed by atoms with Crippen molar-refractivity contribution in [3.63, 3.8) is 0 Å². The fraction of sp³-hybridized carbons (Fsp3) is 0.231. The maximum Gasteiger partial charge on any atom is 0.204 e. The second-order valence-corrected chi connectivity index (χ2v) is 4.52. The van der Waals surface area contributed by atoms with Crippen molar-refractivity contribution < 1.29 is 9.53 Å². The Morgan fingerprint density at radius 2 is 2.29 bits per heavy atom. The molecule has 0 fully saturated rings. The quantitative estimate of drug-likeness (QED) is 0.779. The van der Waals surface area contributed by atoms with Gasteiger partial charge in [0, 0.05) is 11.8 Å². The first-order chi connectivity index (χ1) is 8.22. The highest BCUT2D eigenvalue weighted by Gasteiger charge is 2.14. The second-order valence-electron chi connectivity index (χ2n) is 3.60. The summed E-state index contributed by atoms with van der Waals surface area (Å²) in [6, 6.07) is 3.68. The molecule has 4 heteroatoms. The molecule has 0 atom stereocenters. The molecule has 0 spiro atoms. The zero-order valence-electron chi connectivity index (χ0n) is 9.77. The summed E-state index contributed by atoms with van der Waals surface area (Å²) in [6.45, 7) is 4.40. The largest absolute Gasteiger partial charge is 0.492 e. The maximum atomic E-state index is 12.2. The number of hydrogen-bond acceptors (Lipinski definition) is 4. The molecule has 0 radical (unpaired) electrons. The van der Waals surface area contributed by atoms with Gasteiger partial charge in [-0.05, 0) is 36.9 Å². The summed E-state index contributed by atoms with van der Waals surface area (Å²) in [6.07, 6.45) is 3.19. The molecular formula is C13H13NO2S. The van der Waals surface area contributed by atoms with Crippen molar-refractivity contribution in [2.75, 3.05) is 6.61 Å². The molecule has 0 N–H and O–H groups in total. The van der Waals surface area contributed by atoms with Crippen molar-refractivity contribution in [2.24, 2.45) is 0 Å². The third kappa shape index (κ3) is 2.53. The smallest absolute Gasteiger partial charge is 0.204 e. The highest BCUT2D eigenvalue weighted by atomic mass is 32.1. The predicted octanol–water partition coefficient (Wildman–Crippen LogP) is 3.08. The number of nitrogens with zero attached hydrogens (tertiary/aromatic N) is 1. The van der Waals surface area contributed by atoms with E-state index in [1.165, 1.54) is 11.3 Å². The molecule has 0 unspecified atom stereocenters. The molecule has 0 aliphatic heterocycles. The number of thiophene rings is 1. The minimum absolute atomic E-state index is 0.00607. The van der Waals surface area contributed by atoms with Gasteiger partial charge in [0.05, 0.1) is 17.7 Å². The van der Waals surface area contributed by atoms with Gasteiger partial charge in [-0.2, -0.15) is 0 Å². The topological polar surface area (TPSA) is 39.2 Å². The Bertz CT molecular complexity index is 534. The van der Waals surface area contributed by atoms with E-state index in [-0.39, 0.29) is 5.78 Å². The van der Waals surface area contributed by atoms with E-state index in [4.69, 9.17) is 4.74 Å². The number of carbonyl (C=O) groups excluding carboxylic acids is 1. The third-order valence-corrected chi connectivity index (χ3v) is 3.37. The SMILES string of the molecule is CCOc1cncc(C(=O)c2sccc2C)c1. The van der Waals surface area contributed by atoms with Crippen LogP contribution in [0.2, 0.25) is 0 Å². The van der Waals surface area contributed by atoms with Gasteiger partial charge in [-0.1, -0.05) is 0 Å². The predicted molar refractivity (Wildman–Crippen MR) is 67.9 cm³/mol. The molecule has 2 aromatic heterocycles. The highest BCUT2D eigenvalue weighted by molar-refractivity contribution is 7.12. The lowest BCUT2D eigenvalue weighted by atomic mass is 10.1. The molecule has 0 bridgehead atoms. The summed E-state index contributed by atoms with van der Waals surface area (Å²) < 4.78 is 5.33.